The Morgan fingerprint density at radius 3 is 2.37 bits per heavy atom. The number of thioether (sulfide) groups is 1. The van der Waals surface area contributed by atoms with Crippen LogP contribution in [-0.2, 0) is 4.79 Å². The van der Waals surface area contributed by atoms with E-state index in [1.165, 1.54) is 11.8 Å². The van der Waals surface area contributed by atoms with Gasteiger partial charge in [-0.25, -0.2) is 4.98 Å². The Hall–Kier alpha value is -3.44. The van der Waals surface area contributed by atoms with Crippen molar-refractivity contribution in [3.8, 4) is 6.07 Å². The fourth-order valence-corrected chi connectivity index (χ4v) is 4.14. The molecular weight excluding hydrogens is 400 g/mol. The van der Waals surface area contributed by atoms with E-state index in [-0.39, 0.29) is 23.4 Å². The second-order valence-corrected chi connectivity index (χ2v) is 7.91. The normalized spacial score (nSPS) is 15.1. The number of Topliss-reactive ketones (excluding diaryl/α,β-unsaturated/α-hetero) is 1. The number of nitrogens with zero attached hydrogens (tertiary/aromatic N) is 3. The zero-order chi connectivity index (χ0) is 21.3. The first-order valence-electron chi connectivity index (χ1n) is 9.40. The largest absolute Gasteiger partial charge is 0.340 e. The van der Waals surface area contributed by atoms with Crippen LogP contribution < -0.4 is 0 Å². The third-order valence-electron chi connectivity index (χ3n) is 5.16. The Morgan fingerprint density at radius 2 is 1.77 bits per heavy atom. The number of amides is 2. The molecule has 3 aromatic rings. The van der Waals surface area contributed by atoms with Crippen molar-refractivity contribution >= 4 is 40.4 Å². The van der Waals surface area contributed by atoms with Gasteiger partial charge in [-0.3, -0.25) is 19.3 Å². The van der Waals surface area contributed by atoms with Gasteiger partial charge in [0, 0.05) is 0 Å². The van der Waals surface area contributed by atoms with Crippen molar-refractivity contribution in [2.24, 2.45) is 0 Å². The van der Waals surface area contributed by atoms with Gasteiger partial charge in [-0.05, 0) is 42.7 Å². The molecule has 1 aliphatic heterocycles. The summed E-state index contributed by atoms with van der Waals surface area (Å²) in [5.41, 5.74) is 1.91. The number of imidazole rings is 1. The lowest BCUT2D eigenvalue weighted by molar-refractivity contribution is -0.123. The van der Waals surface area contributed by atoms with Gasteiger partial charge in [0.1, 0.15) is 11.9 Å². The van der Waals surface area contributed by atoms with Gasteiger partial charge in [0.2, 0.25) is 0 Å². The standard InChI is InChI=1S/C22H18N4O3S/c1-30-11-10-18(26-21(28)13-6-2-3-7-14(13)22(26)29)19(27)15(12-23)20-24-16-8-4-5-9-17(16)25-20/h2-9,15,18H,10-11H2,1H3,(H,24,25). The van der Waals surface area contributed by atoms with Crippen LogP contribution in [0.2, 0.25) is 0 Å². The lowest BCUT2D eigenvalue weighted by atomic mass is 9.95. The molecule has 0 radical (unpaired) electrons. The maximum Gasteiger partial charge on any atom is 0.262 e. The van der Waals surface area contributed by atoms with Crippen LogP contribution in [0.4, 0.5) is 0 Å². The maximum absolute atomic E-state index is 13.4. The summed E-state index contributed by atoms with van der Waals surface area (Å²) < 4.78 is 0. The number of imide groups is 1. The van der Waals surface area contributed by atoms with Crippen LogP contribution in [0.5, 0.6) is 0 Å². The first kappa shape index (κ1) is 19.9. The highest BCUT2D eigenvalue weighted by molar-refractivity contribution is 7.98. The number of carbonyl (C=O) groups excluding carboxylic acids is 3. The lowest BCUT2D eigenvalue weighted by Gasteiger charge is -2.26. The lowest BCUT2D eigenvalue weighted by Crippen LogP contribution is -2.47. The molecule has 0 bridgehead atoms. The quantitative estimate of drug-likeness (QED) is 0.591. The molecule has 8 heteroatoms. The molecule has 1 N–H and O–H groups in total. The van der Waals surface area contributed by atoms with E-state index in [1.807, 2.05) is 24.5 Å². The summed E-state index contributed by atoms with van der Waals surface area (Å²) in [6, 6.07) is 14.7. The first-order valence-corrected chi connectivity index (χ1v) is 10.8. The van der Waals surface area contributed by atoms with Crippen LogP contribution in [0.1, 0.15) is 38.9 Å². The Morgan fingerprint density at radius 1 is 1.13 bits per heavy atom. The topological polar surface area (TPSA) is 107 Å². The number of para-hydroxylation sites is 2. The molecule has 7 nitrogen and oxygen atoms in total. The van der Waals surface area contributed by atoms with Crippen LogP contribution in [0.15, 0.2) is 48.5 Å². The number of hydrogen-bond donors (Lipinski definition) is 1. The summed E-state index contributed by atoms with van der Waals surface area (Å²) in [5, 5.41) is 9.77. The Bertz CT molecular complexity index is 1130. The first-order chi connectivity index (χ1) is 14.6. The van der Waals surface area contributed by atoms with Crippen molar-refractivity contribution in [3.63, 3.8) is 0 Å². The number of nitrogens with one attached hydrogen (secondary N) is 1. The molecule has 150 valence electrons. The molecule has 1 aliphatic rings. The molecule has 2 unspecified atom stereocenters. The molecule has 2 aromatic carbocycles. The van der Waals surface area contributed by atoms with Crippen LogP contribution in [0.3, 0.4) is 0 Å². The summed E-state index contributed by atoms with van der Waals surface area (Å²) >= 11 is 1.50. The average Bonchev–Trinajstić information content (AvgIpc) is 3.29. The van der Waals surface area contributed by atoms with Crippen LogP contribution >= 0.6 is 11.8 Å². The predicted molar refractivity (Wildman–Crippen MR) is 113 cm³/mol. The van der Waals surface area contributed by atoms with E-state index in [2.05, 4.69) is 9.97 Å². The molecule has 30 heavy (non-hydrogen) atoms. The van der Waals surface area contributed by atoms with Gasteiger partial charge in [0.15, 0.2) is 11.7 Å². The van der Waals surface area contributed by atoms with Crippen molar-refractivity contribution in [3.05, 3.63) is 65.5 Å². The van der Waals surface area contributed by atoms with E-state index in [0.29, 0.717) is 16.8 Å². The SMILES string of the molecule is CSCCC(C(=O)C(C#N)c1nc2ccccc2[nH]1)N1C(=O)c2ccccc2C1=O. The van der Waals surface area contributed by atoms with Gasteiger partial charge in [-0.15, -0.1) is 0 Å². The minimum atomic E-state index is -1.21. The van der Waals surface area contributed by atoms with Crippen molar-refractivity contribution < 1.29 is 14.4 Å². The van der Waals surface area contributed by atoms with E-state index < -0.39 is 29.6 Å². The van der Waals surface area contributed by atoms with E-state index in [9.17, 15) is 19.6 Å². The molecule has 0 aliphatic carbocycles. The summed E-state index contributed by atoms with van der Waals surface area (Å²) in [4.78, 5) is 47.7. The fraction of sp³-hybridized carbons (Fsp3) is 0.227. The summed E-state index contributed by atoms with van der Waals surface area (Å²) in [6.45, 7) is 0. The zero-order valence-corrected chi connectivity index (χ0v) is 17.0. The highest BCUT2D eigenvalue weighted by atomic mass is 32.2. The Balaban J connectivity index is 1.71. The number of benzene rings is 2. The molecule has 2 heterocycles. The number of H-pyrrole nitrogens is 1. The smallest absolute Gasteiger partial charge is 0.262 e. The summed E-state index contributed by atoms with van der Waals surface area (Å²) in [5.74, 6) is -1.96. The highest BCUT2D eigenvalue weighted by Gasteiger charge is 2.44. The summed E-state index contributed by atoms with van der Waals surface area (Å²) in [7, 11) is 0. The third kappa shape index (κ3) is 3.27. The number of aromatic amines is 1. The number of ketones is 1. The van der Waals surface area contributed by atoms with E-state index >= 15 is 0 Å². The highest BCUT2D eigenvalue weighted by Crippen LogP contribution is 2.29. The van der Waals surface area contributed by atoms with Crippen LogP contribution in [-0.4, -0.2) is 50.5 Å². The number of nitriles is 1. The Labute approximate surface area is 177 Å². The van der Waals surface area contributed by atoms with Gasteiger partial charge in [-0.1, -0.05) is 24.3 Å². The van der Waals surface area contributed by atoms with Gasteiger partial charge in [0.25, 0.3) is 11.8 Å². The maximum atomic E-state index is 13.4. The average molecular weight is 418 g/mol. The van der Waals surface area contributed by atoms with E-state index in [0.717, 1.165) is 4.90 Å². The second-order valence-electron chi connectivity index (χ2n) is 6.93. The van der Waals surface area contributed by atoms with E-state index in [4.69, 9.17) is 0 Å². The number of hydrogen-bond acceptors (Lipinski definition) is 6. The minimum Gasteiger partial charge on any atom is -0.340 e. The monoisotopic (exact) mass is 418 g/mol. The van der Waals surface area contributed by atoms with Gasteiger partial charge < -0.3 is 4.98 Å². The van der Waals surface area contributed by atoms with Crippen LogP contribution in [0, 0.1) is 11.3 Å². The van der Waals surface area contributed by atoms with Crippen LogP contribution in [0.25, 0.3) is 11.0 Å². The predicted octanol–water partition coefficient (Wildman–Crippen LogP) is 3.16. The molecule has 0 saturated heterocycles. The van der Waals surface area contributed by atoms with Crippen molar-refractivity contribution in [2.45, 2.75) is 18.4 Å². The Kier molecular flexibility index (Phi) is 5.38. The molecule has 1 aromatic heterocycles. The van der Waals surface area contributed by atoms with Crippen molar-refractivity contribution in [2.75, 3.05) is 12.0 Å². The van der Waals surface area contributed by atoms with Gasteiger partial charge >= 0.3 is 0 Å². The molecule has 0 saturated carbocycles. The number of aromatic nitrogens is 2. The van der Waals surface area contributed by atoms with Gasteiger partial charge in [0.05, 0.1) is 28.2 Å². The molecule has 4 rings (SSSR count). The summed E-state index contributed by atoms with van der Waals surface area (Å²) in [6.07, 6.45) is 2.15. The number of fused-ring (bicyclic) bond motifs is 2. The molecule has 2 atom stereocenters. The molecular formula is C22H18N4O3S. The minimum absolute atomic E-state index is 0.217. The van der Waals surface area contributed by atoms with Gasteiger partial charge in [-0.2, -0.15) is 17.0 Å². The fourth-order valence-electron chi connectivity index (χ4n) is 3.68. The number of carbonyl (C=O) groups is 3. The van der Waals surface area contributed by atoms with Crippen molar-refractivity contribution in [1.82, 2.24) is 14.9 Å². The third-order valence-corrected chi connectivity index (χ3v) is 5.80. The zero-order valence-electron chi connectivity index (χ0n) is 16.2. The number of rotatable bonds is 7. The second kappa shape index (κ2) is 8.13. The molecule has 0 fully saturated rings. The van der Waals surface area contributed by atoms with Crippen molar-refractivity contribution in [1.29, 1.82) is 5.26 Å². The molecule has 0 spiro atoms. The molecule has 2 amide bonds. The van der Waals surface area contributed by atoms with E-state index in [1.54, 1.807) is 36.4 Å².